The van der Waals surface area contributed by atoms with Crippen LogP contribution in [0.1, 0.15) is 27.6 Å². The van der Waals surface area contributed by atoms with E-state index >= 15 is 0 Å². The van der Waals surface area contributed by atoms with Gasteiger partial charge in [-0.05, 0) is 25.1 Å². The number of hydrogen-bond acceptors (Lipinski definition) is 5. The van der Waals surface area contributed by atoms with Gasteiger partial charge in [0.1, 0.15) is 6.67 Å². The van der Waals surface area contributed by atoms with Crippen LogP contribution in [-0.4, -0.2) is 32.1 Å². The molecule has 1 rings (SSSR count). The van der Waals surface area contributed by atoms with Gasteiger partial charge in [-0.2, -0.15) is 5.11 Å². The summed E-state index contributed by atoms with van der Waals surface area (Å²) in [4.78, 5) is 22.4. The van der Waals surface area contributed by atoms with Crippen molar-refractivity contribution in [2.45, 2.75) is 6.92 Å². The molecule has 0 atom stereocenters. The maximum atomic E-state index is 11.8. The van der Waals surface area contributed by atoms with Gasteiger partial charge in [0.05, 0.1) is 24.4 Å². The summed E-state index contributed by atoms with van der Waals surface area (Å²) in [5.41, 5.74) is 3.40. The van der Waals surface area contributed by atoms with Crippen LogP contribution in [0.3, 0.4) is 0 Å². The zero-order valence-electron chi connectivity index (χ0n) is 10.4. The Morgan fingerprint density at radius 3 is 2.95 bits per heavy atom. The second-order valence-electron chi connectivity index (χ2n) is 3.41. The molecule has 0 aliphatic carbocycles. The molecule has 0 saturated carbocycles. The van der Waals surface area contributed by atoms with Crippen molar-refractivity contribution in [2.24, 2.45) is 10.3 Å². The lowest BCUT2D eigenvalue weighted by atomic mass is 10.1. The van der Waals surface area contributed by atoms with E-state index < -0.39 is 12.6 Å². The smallest absolute Gasteiger partial charge is 0.338 e. The number of aldehydes is 1. The summed E-state index contributed by atoms with van der Waals surface area (Å²) in [6.45, 7) is 1.30. The Morgan fingerprint density at radius 2 is 2.32 bits per heavy atom. The molecule has 6 nitrogen and oxygen atoms in total. The topological polar surface area (TPSA) is 80.1 Å². The number of carbonyl (C=O) groups is 2. The minimum absolute atomic E-state index is 0.0513. The summed E-state index contributed by atoms with van der Waals surface area (Å²) in [6.07, 6.45) is 0.579. The third kappa shape index (κ3) is 4.46. The molecule has 0 aliphatic heterocycles. The van der Waals surface area contributed by atoms with Gasteiger partial charge in [0, 0.05) is 5.56 Å². The molecule has 0 fully saturated rings. The first kappa shape index (κ1) is 14.7. The third-order valence-electron chi connectivity index (χ3n) is 2.12. The van der Waals surface area contributed by atoms with Crippen molar-refractivity contribution in [1.82, 2.24) is 0 Å². The summed E-state index contributed by atoms with van der Waals surface area (Å²) >= 11 is 0. The number of nitrogens with one attached hydrogen (secondary N) is 1. The van der Waals surface area contributed by atoms with Gasteiger partial charge >= 0.3 is 5.97 Å². The monoisotopic (exact) mass is 267 g/mol. The summed E-state index contributed by atoms with van der Waals surface area (Å²) < 4.78 is 16.6. The molecule has 19 heavy (non-hydrogen) atoms. The van der Waals surface area contributed by atoms with E-state index in [1.165, 1.54) is 18.2 Å². The molecule has 102 valence electrons. The lowest BCUT2D eigenvalue weighted by molar-refractivity contribution is 0.0526. The molecule has 0 radical (unpaired) electrons. The first-order valence-corrected chi connectivity index (χ1v) is 5.67. The maximum Gasteiger partial charge on any atom is 0.338 e. The van der Waals surface area contributed by atoms with E-state index in [1.54, 1.807) is 6.92 Å². The lowest BCUT2D eigenvalue weighted by Gasteiger charge is -2.06. The van der Waals surface area contributed by atoms with Crippen molar-refractivity contribution in [3.05, 3.63) is 29.3 Å². The highest BCUT2D eigenvalue weighted by Crippen LogP contribution is 2.16. The number of halogens is 1. The molecule has 0 aromatic heterocycles. The number of esters is 1. The zero-order chi connectivity index (χ0) is 14.1. The van der Waals surface area contributed by atoms with Gasteiger partial charge in [0.2, 0.25) is 0 Å². The number of ether oxygens (including phenoxy) is 1. The minimum atomic E-state index is -0.604. The number of anilines is 1. The van der Waals surface area contributed by atoms with Gasteiger partial charge in [-0.25, -0.2) is 9.18 Å². The second-order valence-corrected chi connectivity index (χ2v) is 3.41. The average Bonchev–Trinajstić information content (AvgIpc) is 2.44. The maximum absolute atomic E-state index is 11.8. The standard InChI is InChI=1S/C12H14FN3O3/c1-2-19-12(18)9-3-4-11(10(7-9)8-17)15-16-14-6-5-13/h3-4,7-8H,2,5-6H2,1H3,(H,14,15). The fraction of sp³-hybridized carbons (Fsp3) is 0.333. The Balaban J connectivity index is 2.84. The van der Waals surface area contributed by atoms with E-state index in [0.29, 0.717) is 12.0 Å². The van der Waals surface area contributed by atoms with Gasteiger partial charge in [0.15, 0.2) is 6.29 Å². The molecule has 0 heterocycles. The molecule has 0 aliphatic rings. The van der Waals surface area contributed by atoms with Crippen molar-refractivity contribution in [2.75, 3.05) is 25.3 Å². The molecule has 1 N–H and O–H groups in total. The molecule has 0 spiro atoms. The van der Waals surface area contributed by atoms with Crippen LogP contribution in [0.4, 0.5) is 10.1 Å². The van der Waals surface area contributed by atoms with E-state index in [4.69, 9.17) is 4.74 Å². The van der Waals surface area contributed by atoms with Crippen LogP contribution in [0, 0.1) is 0 Å². The van der Waals surface area contributed by atoms with Gasteiger partial charge in [0.25, 0.3) is 0 Å². The molecular weight excluding hydrogens is 253 g/mol. The van der Waals surface area contributed by atoms with Crippen LogP contribution in [0.25, 0.3) is 0 Å². The molecule has 0 unspecified atom stereocenters. The van der Waals surface area contributed by atoms with Gasteiger partial charge in [-0.15, -0.1) is 0 Å². The Morgan fingerprint density at radius 1 is 1.53 bits per heavy atom. The van der Waals surface area contributed by atoms with Crippen molar-refractivity contribution in [1.29, 1.82) is 0 Å². The second kappa shape index (κ2) is 7.91. The number of hydrogen-bond donors (Lipinski definition) is 1. The summed E-state index contributed by atoms with van der Waals surface area (Å²) in [5.74, 6) is -0.504. The number of alkyl halides is 1. The summed E-state index contributed by atoms with van der Waals surface area (Å²) in [6, 6.07) is 4.39. The van der Waals surface area contributed by atoms with Crippen LogP contribution in [0.5, 0.6) is 0 Å². The number of carbonyl (C=O) groups excluding carboxylic acids is 2. The number of benzene rings is 1. The van der Waals surface area contributed by atoms with E-state index in [9.17, 15) is 14.0 Å². The van der Waals surface area contributed by atoms with Crippen LogP contribution >= 0.6 is 0 Å². The lowest BCUT2D eigenvalue weighted by Crippen LogP contribution is -2.06. The van der Waals surface area contributed by atoms with Crippen molar-refractivity contribution >= 4 is 17.9 Å². The Hall–Kier alpha value is -2.31. The van der Waals surface area contributed by atoms with Crippen molar-refractivity contribution in [3.8, 4) is 0 Å². The largest absolute Gasteiger partial charge is 0.462 e. The average molecular weight is 267 g/mol. The third-order valence-corrected chi connectivity index (χ3v) is 2.12. The molecule has 1 aromatic carbocycles. The highest BCUT2D eigenvalue weighted by molar-refractivity contribution is 5.94. The van der Waals surface area contributed by atoms with E-state index in [2.05, 4.69) is 15.8 Å². The molecule has 0 saturated heterocycles. The molecular formula is C12H14FN3O3. The highest BCUT2D eigenvalue weighted by atomic mass is 19.1. The summed E-state index contributed by atoms with van der Waals surface area (Å²) in [5, 5.41) is 6.99. The highest BCUT2D eigenvalue weighted by Gasteiger charge is 2.09. The van der Waals surface area contributed by atoms with Gasteiger partial charge in [-0.3, -0.25) is 10.2 Å². The Labute approximate surface area is 109 Å². The first-order valence-electron chi connectivity index (χ1n) is 5.67. The predicted octanol–water partition coefficient (Wildman–Crippen LogP) is 2.42. The zero-order valence-corrected chi connectivity index (χ0v) is 10.4. The number of rotatable bonds is 7. The van der Waals surface area contributed by atoms with Crippen molar-refractivity contribution in [3.63, 3.8) is 0 Å². The fourth-order valence-electron chi connectivity index (χ4n) is 1.28. The first-order chi connectivity index (χ1) is 9.22. The van der Waals surface area contributed by atoms with Crippen LogP contribution in [0.15, 0.2) is 28.5 Å². The Kier molecular flexibility index (Phi) is 6.14. The predicted molar refractivity (Wildman–Crippen MR) is 67.1 cm³/mol. The van der Waals surface area contributed by atoms with E-state index in [-0.39, 0.29) is 24.3 Å². The molecule has 0 bridgehead atoms. The summed E-state index contributed by atoms with van der Waals surface area (Å²) in [7, 11) is 0. The quantitative estimate of drug-likeness (QED) is 0.356. The van der Waals surface area contributed by atoms with Crippen LogP contribution < -0.4 is 5.43 Å². The Bertz CT molecular complexity index is 477. The van der Waals surface area contributed by atoms with Gasteiger partial charge in [-0.1, -0.05) is 5.22 Å². The SMILES string of the molecule is CCOC(=O)c1ccc(NN=NCCF)c(C=O)c1. The van der Waals surface area contributed by atoms with Gasteiger partial charge < -0.3 is 4.74 Å². The number of nitrogens with zero attached hydrogens (tertiary/aromatic N) is 2. The van der Waals surface area contributed by atoms with Crippen molar-refractivity contribution < 1.29 is 18.7 Å². The van der Waals surface area contributed by atoms with Crippen LogP contribution in [0.2, 0.25) is 0 Å². The normalized spacial score (nSPS) is 10.4. The van der Waals surface area contributed by atoms with E-state index in [1.807, 2.05) is 0 Å². The fourth-order valence-corrected chi connectivity index (χ4v) is 1.28. The van der Waals surface area contributed by atoms with Crippen LogP contribution in [-0.2, 0) is 4.74 Å². The molecule has 1 aromatic rings. The van der Waals surface area contributed by atoms with E-state index in [0.717, 1.165) is 0 Å². The minimum Gasteiger partial charge on any atom is -0.462 e. The molecule has 0 amide bonds. The molecule has 7 heteroatoms.